The van der Waals surface area contributed by atoms with E-state index in [1.807, 2.05) is 36.4 Å². The Labute approximate surface area is 121 Å². The summed E-state index contributed by atoms with van der Waals surface area (Å²) in [5.74, 6) is 1.28. The van der Waals surface area contributed by atoms with Crippen molar-refractivity contribution < 1.29 is 9.47 Å². The van der Waals surface area contributed by atoms with E-state index in [0.29, 0.717) is 22.6 Å². The van der Waals surface area contributed by atoms with Crippen molar-refractivity contribution in [3.8, 4) is 22.8 Å². The fourth-order valence-electron chi connectivity index (χ4n) is 2.39. The fraction of sp³-hybridized carbons (Fsp3) is 0.125. The summed E-state index contributed by atoms with van der Waals surface area (Å²) in [6.07, 6.45) is 0. The molecule has 1 aromatic heterocycles. The number of hydrogen-bond acceptors (Lipinski definition) is 4. The van der Waals surface area contributed by atoms with Gasteiger partial charge in [-0.15, -0.1) is 0 Å². The maximum Gasteiger partial charge on any atom is 0.272 e. The fourth-order valence-corrected chi connectivity index (χ4v) is 2.39. The van der Waals surface area contributed by atoms with Gasteiger partial charge in [0.25, 0.3) is 5.56 Å². The molecular formula is C16H14N2O3. The molecule has 0 spiro atoms. The van der Waals surface area contributed by atoms with Crippen molar-refractivity contribution in [2.75, 3.05) is 14.2 Å². The van der Waals surface area contributed by atoms with Crippen molar-refractivity contribution in [2.24, 2.45) is 0 Å². The molecule has 0 fully saturated rings. The van der Waals surface area contributed by atoms with E-state index in [9.17, 15) is 4.79 Å². The second-order valence-corrected chi connectivity index (χ2v) is 4.48. The van der Waals surface area contributed by atoms with Gasteiger partial charge < -0.3 is 9.47 Å². The van der Waals surface area contributed by atoms with Gasteiger partial charge in [0.1, 0.15) is 17.2 Å². The van der Waals surface area contributed by atoms with Crippen LogP contribution >= 0.6 is 0 Å². The van der Waals surface area contributed by atoms with Gasteiger partial charge in [-0.3, -0.25) is 4.79 Å². The van der Waals surface area contributed by atoms with E-state index in [1.54, 1.807) is 20.3 Å². The molecule has 5 heteroatoms. The average Bonchev–Trinajstić information content (AvgIpc) is 2.55. The van der Waals surface area contributed by atoms with Gasteiger partial charge >= 0.3 is 0 Å². The number of H-pyrrole nitrogens is 1. The SMILES string of the molecule is COc1cccc(OC)c1-c1n[nH]c(=O)c2ccccc12. The van der Waals surface area contributed by atoms with Gasteiger partial charge in [-0.25, -0.2) is 5.10 Å². The van der Waals surface area contributed by atoms with E-state index in [1.165, 1.54) is 0 Å². The number of aromatic nitrogens is 2. The summed E-state index contributed by atoms with van der Waals surface area (Å²) < 4.78 is 10.8. The molecule has 0 saturated carbocycles. The summed E-state index contributed by atoms with van der Waals surface area (Å²) in [5, 5.41) is 8.06. The Hall–Kier alpha value is -2.82. The highest BCUT2D eigenvalue weighted by molar-refractivity contribution is 5.96. The van der Waals surface area contributed by atoms with Crippen LogP contribution in [0.3, 0.4) is 0 Å². The minimum Gasteiger partial charge on any atom is -0.496 e. The first-order valence-corrected chi connectivity index (χ1v) is 6.45. The molecule has 3 aromatic rings. The highest BCUT2D eigenvalue weighted by atomic mass is 16.5. The first-order valence-electron chi connectivity index (χ1n) is 6.45. The van der Waals surface area contributed by atoms with Crippen LogP contribution in [0, 0.1) is 0 Å². The van der Waals surface area contributed by atoms with Crippen molar-refractivity contribution in [1.29, 1.82) is 0 Å². The Bertz CT molecular complexity index is 833. The molecule has 3 rings (SSSR count). The number of aromatic amines is 1. The lowest BCUT2D eigenvalue weighted by Crippen LogP contribution is -2.09. The van der Waals surface area contributed by atoms with Gasteiger partial charge in [0, 0.05) is 5.39 Å². The summed E-state index contributed by atoms with van der Waals surface area (Å²) in [4.78, 5) is 11.9. The minimum atomic E-state index is -0.219. The summed E-state index contributed by atoms with van der Waals surface area (Å²) >= 11 is 0. The second kappa shape index (κ2) is 5.28. The van der Waals surface area contributed by atoms with E-state index in [-0.39, 0.29) is 5.56 Å². The first kappa shape index (κ1) is 13.2. The maximum absolute atomic E-state index is 11.9. The van der Waals surface area contributed by atoms with E-state index in [0.717, 1.165) is 10.9 Å². The second-order valence-electron chi connectivity index (χ2n) is 4.48. The van der Waals surface area contributed by atoms with Crippen LogP contribution in [0.4, 0.5) is 0 Å². The topological polar surface area (TPSA) is 64.2 Å². The summed E-state index contributed by atoms with van der Waals surface area (Å²) in [7, 11) is 3.18. The van der Waals surface area contributed by atoms with Crippen LogP contribution in [0.1, 0.15) is 0 Å². The number of benzene rings is 2. The molecule has 0 atom stereocenters. The zero-order valence-corrected chi connectivity index (χ0v) is 11.7. The predicted octanol–water partition coefficient (Wildman–Crippen LogP) is 2.61. The van der Waals surface area contributed by atoms with E-state index >= 15 is 0 Å². The monoisotopic (exact) mass is 282 g/mol. The highest BCUT2D eigenvalue weighted by Crippen LogP contribution is 2.39. The van der Waals surface area contributed by atoms with Crippen molar-refractivity contribution in [2.45, 2.75) is 0 Å². The van der Waals surface area contributed by atoms with E-state index in [2.05, 4.69) is 10.2 Å². The van der Waals surface area contributed by atoms with Gasteiger partial charge in [0.2, 0.25) is 0 Å². The summed E-state index contributed by atoms with van der Waals surface area (Å²) in [5.41, 5.74) is 1.12. The Kier molecular flexibility index (Phi) is 3.31. The molecule has 1 N–H and O–H groups in total. The molecule has 0 unspecified atom stereocenters. The smallest absolute Gasteiger partial charge is 0.272 e. The third-order valence-corrected chi connectivity index (χ3v) is 3.36. The van der Waals surface area contributed by atoms with Crippen LogP contribution in [0.2, 0.25) is 0 Å². The van der Waals surface area contributed by atoms with Crippen LogP contribution in [0.15, 0.2) is 47.3 Å². The number of nitrogens with zero attached hydrogens (tertiary/aromatic N) is 1. The largest absolute Gasteiger partial charge is 0.496 e. The third kappa shape index (κ3) is 2.12. The van der Waals surface area contributed by atoms with Gasteiger partial charge in [-0.2, -0.15) is 5.10 Å². The van der Waals surface area contributed by atoms with Crippen LogP contribution in [-0.2, 0) is 0 Å². The quantitative estimate of drug-likeness (QED) is 0.802. The molecule has 5 nitrogen and oxygen atoms in total. The highest BCUT2D eigenvalue weighted by Gasteiger charge is 2.17. The van der Waals surface area contributed by atoms with Crippen molar-refractivity contribution in [3.05, 3.63) is 52.8 Å². The lowest BCUT2D eigenvalue weighted by Gasteiger charge is -2.13. The van der Waals surface area contributed by atoms with Crippen molar-refractivity contribution in [3.63, 3.8) is 0 Å². The lowest BCUT2D eigenvalue weighted by molar-refractivity contribution is 0.397. The molecule has 21 heavy (non-hydrogen) atoms. The third-order valence-electron chi connectivity index (χ3n) is 3.36. The van der Waals surface area contributed by atoms with Gasteiger partial charge in [0.15, 0.2) is 0 Å². The normalized spacial score (nSPS) is 10.6. The van der Waals surface area contributed by atoms with E-state index in [4.69, 9.17) is 9.47 Å². The predicted molar refractivity (Wildman–Crippen MR) is 80.9 cm³/mol. The molecule has 0 amide bonds. The molecule has 2 aromatic carbocycles. The standard InChI is InChI=1S/C16H14N2O3/c1-20-12-8-5-9-13(21-2)14(12)15-10-6-3-4-7-11(10)16(19)18-17-15/h3-9H,1-2H3,(H,18,19). The van der Waals surface area contributed by atoms with Crippen LogP contribution < -0.4 is 15.0 Å². The molecular weight excluding hydrogens is 268 g/mol. The van der Waals surface area contributed by atoms with Crippen molar-refractivity contribution in [1.82, 2.24) is 10.2 Å². The van der Waals surface area contributed by atoms with E-state index < -0.39 is 0 Å². The van der Waals surface area contributed by atoms with Crippen LogP contribution in [-0.4, -0.2) is 24.4 Å². The number of fused-ring (bicyclic) bond motifs is 1. The number of rotatable bonds is 3. The Morgan fingerprint density at radius 2 is 1.52 bits per heavy atom. The lowest BCUT2D eigenvalue weighted by atomic mass is 10.0. The van der Waals surface area contributed by atoms with Crippen LogP contribution in [0.5, 0.6) is 11.5 Å². The summed E-state index contributed by atoms with van der Waals surface area (Å²) in [6, 6.07) is 12.8. The zero-order valence-electron chi connectivity index (χ0n) is 11.7. The zero-order chi connectivity index (χ0) is 14.8. The molecule has 0 radical (unpaired) electrons. The molecule has 1 heterocycles. The first-order chi connectivity index (χ1) is 10.3. The Morgan fingerprint density at radius 3 is 2.14 bits per heavy atom. The van der Waals surface area contributed by atoms with Gasteiger partial charge in [-0.05, 0) is 18.2 Å². The molecule has 0 aliphatic carbocycles. The Balaban J connectivity index is 2.42. The number of ether oxygens (including phenoxy) is 2. The summed E-state index contributed by atoms with van der Waals surface area (Å²) in [6.45, 7) is 0. The molecule has 106 valence electrons. The molecule has 0 bridgehead atoms. The minimum absolute atomic E-state index is 0.219. The molecule has 0 aliphatic heterocycles. The average molecular weight is 282 g/mol. The molecule has 0 aliphatic rings. The van der Waals surface area contributed by atoms with Gasteiger partial charge in [-0.1, -0.05) is 24.3 Å². The Morgan fingerprint density at radius 1 is 0.905 bits per heavy atom. The van der Waals surface area contributed by atoms with Crippen LogP contribution in [0.25, 0.3) is 22.0 Å². The van der Waals surface area contributed by atoms with Gasteiger partial charge in [0.05, 0.1) is 25.2 Å². The number of methoxy groups -OCH3 is 2. The maximum atomic E-state index is 11.9. The number of nitrogens with one attached hydrogen (secondary N) is 1. The molecule has 0 saturated heterocycles. The number of hydrogen-bond donors (Lipinski definition) is 1. The van der Waals surface area contributed by atoms with Crippen molar-refractivity contribution >= 4 is 10.8 Å².